The average molecular weight is 233 g/mol. The second-order valence-electron chi connectivity index (χ2n) is 4.60. The molecule has 86 valence electrons. The van der Waals surface area contributed by atoms with Crippen LogP contribution in [0.5, 0.6) is 0 Å². The average Bonchev–Trinajstić information content (AvgIpc) is 2.26. The summed E-state index contributed by atoms with van der Waals surface area (Å²) in [4.78, 5) is 1.30. The largest absolute Gasteiger partial charge is 0.192 e. The molecule has 0 bridgehead atoms. The van der Waals surface area contributed by atoms with Gasteiger partial charge in [0, 0.05) is 4.90 Å². The van der Waals surface area contributed by atoms with E-state index in [1.54, 1.807) is 11.8 Å². The first kappa shape index (κ1) is 13.1. The molecule has 0 amide bonds. The molecular weight excluding hydrogens is 214 g/mol. The van der Waals surface area contributed by atoms with Gasteiger partial charge in [-0.25, -0.2) is 0 Å². The third kappa shape index (κ3) is 2.59. The predicted octanol–water partition coefficient (Wildman–Crippen LogP) is 4.53. The number of hydrogen-bond acceptors (Lipinski definition) is 2. The first-order valence-electron chi connectivity index (χ1n) is 5.63. The van der Waals surface area contributed by atoms with Crippen LogP contribution in [-0.2, 0) is 0 Å². The smallest absolute Gasteiger partial charge is 0.0994 e. The molecule has 1 aromatic rings. The summed E-state index contributed by atoms with van der Waals surface area (Å²) in [5, 5.41) is 9.18. The maximum absolute atomic E-state index is 9.18. The molecule has 0 unspecified atom stereocenters. The number of hydrogen-bond donors (Lipinski definition) is 0. The molecule has 0 radical (unpaired) electrons. The third-order valence-corrected chi connectivity index (χ3v) is 3.56. The van der Waals surface area contributed by atoms with Gasteiger partial charge in [0.15, 0.2) is 0 Å². The van der Waals surface area contributed by atoms with Gasteiger partial charge in [-0.3, -0.25) is 0 Å². The third-order valence-electron chi connectivity index (χ3n) is 2.77. The zero-order valence-electron chi connectivity index (χ0n) is 10.7. The maximum atomic E-state index is 9.18. The lowest BCUT2D eigenvalue weighted by Gasteiger charge is -2.16. The molecule has 0 atom stereocenters. The molecule has 1 rings (SSSR count). The summed E-state index contributed by atoms with van der Waals surface area (Å²) in [6, 6.07) is 6.56. The van der Waals surface area contributed by atoms with E-state index in [1.165, 1.54) is 10.5 Å². The van der Waals surface area contributed by atoms with Crippen LogP contribution >= 0.6 is 11.8 Å². The fraction of sp³-hybridized carbons (Fsp3) is 0.500. The van der Waals surface area contributed by atoms with Crippen LogP contribution in [-0.4, -0.2) is 6.26 Å². The Balaban J connectivity index is 3.42. The summed E-state index contributed by atoms with van der Waals surface area (Å²) >= 11 is 1.77. The monoisotopic (exact) mass is 233 g/mol. The number of thioether (sulfide) groups is 1. The Labute approximate surface area is 103 Å². The van der Waals surface area contributed by atoms with E-state index in [4.69, 9.17) is 0 Å². The maximum Gasteiger partial charge on any atom is 0.0994 e. The molecule has 0 spiro atoms. The topological polar surface area (TPSA) is 23.8 Å². The summed E-state index contributed by atoms with van der Waals surface area (Å²) in [6.07, 6.45) is 2.09. The first-order chi connectivity index (χ1) is 7.51. The minimum absolute atomic E-state index is 0.404. The standard InChI is InChI=1S/C14H19NS/c1-9(2)12-7-14(16-5)13(10(3)4)6-11(12)8-15/h6-7,9-10H,1-5H3. The molecule has 1 nitrogen and oxygen atoms in total. The van der Waals surface area contributed by atoms with Crippen molar-refractivity contribution in [2.75, 3.05) is 6.26 Å². The second-order valence-corrected chi connectivity index (χ2v) is 5.45. The summed E-state index contributed by atoms with van der Waals surface area (Å²) in [5.74, 6) is 0.873. The van der Waals surface area contributed by atoms with E-state index in [0.29, 0.717) is 11.8 Å². The quantitative estimate of drug-likeness (QED) is 0.716. The van der Waals surface area contributed by atoms with Crippen molar-refractivity contribution in [1.29, 1.82) is 5.26 Å². The molecule has 0 saturated carbocycles. The molecule has 2 heteroatoms. The molecule has 0 N–H and O–H groups in total. The Hall–Kier alpha value is -0.940. The molecule has 0 heterocycles. The summed E-state index contributed by atoms with van der Waals surface area (Å²) in [5.41, 5.74) is 3.28. The van der Waals surface area contributed by atoms with Crippen molar-refractivity contribution in [2.45, 2.75) is 44.4 Å². The molecule has 0 aliphatic carbocycles. The molecule has 0 saturated heterocycles. The number of nitrogens with zero attached hydrogens (tertiary/aromatic N) is 1. The Bertz CT molecular complexity index is 413. The normalized spacial score (nSPS) is 10.9. The van der Waals surface area contributed by atoms with Gasteiger partial charge in [0.25, 0.3) is 0 Å². The Kier molecular flexibility index (Phi) is 4.44. The number of benzene rings is 1. The van der Waals surface area contributed by atoms with Crippen LogP contribution in [0.25, 0.3) is 0 Å². The van der Waals surface area contributed by atoms with Crippen molar-refractivity contribution in [2.24, 2.45) is 0 Å². The van der Waals surface area contributed by atoms with E-state index in [-0.39, 0.29) is 0 Å². The summed E-state index contributed by atoms with van der Waals surface area (Å²) < 4.78 is 0. The number of rotatable bonds is 3. The molecule has 0 aliphatic heterocycles. The molecule has 0 aliphatic rings. The highest BCUT2D eigenvalue weighted by molar-refractivity contribution is 7.98. The Morgan fingerprint density at radius 2 is 1.62 bits per heavy atom. The van der Waals surface area contributed by atoms with Crippen molar-refractivity contribution in [1.82, 2.24) is 0 Å². The van der Waals surface area contributed by atoms with Crippen LogP contribution in [0.2, 0.25) is 0 Å². The minimum atomic E-state index is 0.404. The minimum Gasteiger partial charge on any atom is -0.192 e. The van der Waals surface area contributed by atoms with Crippen LogP contribution in [0.15, 0.2) is 17.0 Å². The molecular formula is C14H19NS. The van der Waals surface area contributed by atoms with Gasteiger partial charge in [0.2, 0.25) is 0 Å². The van der Waals surface area contributed by atoms with E-state index in [1.807, 2.05) is 0 Å². The Morgan fingerprint density at radius 3 is 2.00 bits per heavy atom. The van der Waals surface area contributed by atoms with E-state index in [9.17, 15) is 5.26 Å². The van der Waals surface area contributed by atoms with Gasteiger partial charge in [-0.2, -0.15) is 5.26 Å². The highest BCUT2D eigenvalue weighted by Crippen LogP contribution is 2.32. The zero-order valence-corrected chi connectivity index (χ0v) is 11.5. The van der Waals surface area contributed by atoms with Crippen molar-refractivity contribution >= 4 is 11.8 Å². The van der Waals surface area contributed by atoms with Gasteiger partial charge in [-0.1, -0.05) is 27.7 Å². The van der Waals surface area contributed by atoms with Gasteiger partial charge in [0.1, 0.15) is 0 Å². The van der Waals surface area contributed by atoms with Crippen LogP contribution in [0, 0.1) is 11.3 Å². The van der Waals surface area contributed by atoms with Crippen LogP contribution in [0.3, 0.4) is 0 Å². The van der Waals surface area contributed by atoms with E-state index in [2.05, 4.69) is 52.2 Å². The molecule has 0 fully saturated rings. The van der Waals surface area contributed by atoms with Crippen LogP contribution in [0.1, 0.15) is 56.2 Å². The predicted molar refractivity (Wildman–Crippen MR) is 71.1 cm³/mol. The lowest BCUT2D eigenvalue weighted by Crippen LogP contribution is -1.99. The van der Waals surface area contributed by atoms with E-state index in [0.717, 1.165) is 11.1 Å². The molecule has 1 aromatic carbocycles. The number of nitriles is 1. The van der Waals surface area contributed by atoms with Gasteiger partial charge in [-0.05, 0) is 41.4 Å². The summed E-state index contributed by atoms with van der Waals surface area (Å²) in [7, 11) is 0. The van der Waals surface area contributed by atoms with Crippen molar-refractivity contribution in [3.05, 3.63) is 28.8 Å². The van der Waals surface area contributed by atoms with Crippen molar-refractivity contribution < 1.29 is 0 Å². The highest BCUT2D eigenvalue weighted by atomic mass is 32.2. The molecule has 0 aromatic heterocycles. The van der Waals surface area contributed by atoms with Crippen LogP contribution in [0.4, 0.5) is 0 Å². The van der Waals surface area contributed by atoms with E-state index >= 15 is 0 Å². The SMILES string of the molecule is CSc1cc(C(C)C)c(C#N)cc1C(C)C. The van der Waals surface area contributed by atoms with E-state index < -0.39 is 0 Å². The van der Waals surface area contributed by atoms with Gasteiger partial charge in [0.05, 0.1) is 11.6 Å². The fourth-order valence-electron chi connectivity index (χ4n) is 1.81. The van der Waals surface area contributed by atoms with Crippen LogP contribution < -0.4 is 0 Å². The van der Waals surface area contributed by atoms with Crippen molar-refractivity contribution in [3.8, 4) is 6.07 Å². The lowest BCUT2D eigenvalue weighted by molar-refractivity contribution is 0.819. The van der Waals surface area contributed by atoms with Gasteiger partial charge in [-0.15, -0.1) is 11.8 Å². The first-order valence-corrected chi connectivity index (χ1v) is 6.85. The fourth-order valence-corrected chi connectivity index (χ4v) is 2.59. The zero-order chi connectivity index (χ0) is 12.3. The van der Waals surface area contributed by atoms with Crippen molar-refractivity contribution in [3.63, 3.8) is 0 Å². The lowest BCUT2D eigenvalue weighted by atomic mass is 9.92. The molecule has 16 heavy (non-hydrogen) atoms. The summed E-state index contributed by atoms with van der Waals surface area (Å²) in [6.45, 7) is 8.61. The highest BCUT2D eigenvalue weighted by Gasteiger charge is 2.13. The second kappa shape index (κ2) is 5.41. The van der Waals surface area contributed by atoms with Gasteiger partial charge < -0.3 is 0 Å². The van der Waals surface area contributed by atoms with Gasteiger partial charge >= 0.3 is 0 Å². The Morgan fingerprint density at radius 1 is 1.06 bits per heavy atom.